The second kappa shape index (κ2) is 10.0. The maximum atomic E-state index is 6.78. The van der Waals surface area contributed by atoms with Crippen molar-refractivity contribution >= 4 is 31.5 Å². The van der Waals surface area contributed by atoms with E-state index in [2.05, 4.69) is 44.9 Å². The minimum absolute atomic E-state index is 0.0192. The van der Waals surface area contributed by atoms with Crippen LogP contribution in [0.4, 0.5) is 0 Å². The molecule has 0 spiro atoms. The second-order valence-corrected chi connectivity index (χ2v) is 13.6. The molecule has 0 amide bonds. The van der Waals surface area contributed by atoms with Crippen molar-refractivity contribution in [3.8, 4) is 0 Å². The van der Waals surface area contributed by atoms with Crippen molar-refractivity contribution in [2.45, 2.75) is 83.4 Å². The van der Waals surface area contributed by atoms with Gasteiger partial charge in [0.05, 0.1) is 27.9 Å². The summed E-state index contributed by atoms with van der Waals surface area (Å²) in [6.07, 6.45) is 5.55. The van der Waals surface area contributed by atoms with Gasteiger partial charge in [-0.25, -0.2) is 0 Å². The van der Waals surface area contributed by atoms with E-state index in [-0.39, 0.29) is 17.8 Å². The van der Waals surface area contributed by atoms with Crippen molar-refractivity contribution < 1.29 is 9.16 Å². The van der Waals surface area contributed by atoms with E-state index >= 15 is 0 Å². The highest BCUT2D eigenvalue weighted by Crippen LogP contribution is 2.36. The molecule has 2 atom stereocenters. The van der Waals surface area contributed by atoms with Crippen LogP contribution in [0.1, 0.15) is 59.1 Å². The summed E-state index contributed by atoms with van der Waals surface area (Å²) in [5.41, 5.74) is 0.829. The van der Waals surface area contributed by atoms with Crippen molar-refractivity contribution in [3.63, 3.8) is 0 Å². The second-order valence-electron chi connectivity index (χ2n) is 8.06. The Balaban J connectivity index is 2.12. The average Bonchev–Trinajstić information content (AvgIpc) is 2.98. The summed E-state index contributed by atoms with van der Waals surface area (Å²) in [6, 6.07) is 3.24. The van der Waals surface area contributed by atoms with Gasteiger partial charge in [-0.05, 0) is 44.8 Å². The zero-order valence-electron chi connectivity index (χ0n) is 17.3. The van der Waals surface area contributed by atoms with Crippen LogP contribution in [0.5, 0.6) is 0 Å². The van der Waals surface area contributed by atoms with Crippen LogP contribution in [0.3, 0.4) is 0 Å². The van der Waals surface area contributed by atoms with Gasteiger partial charge in [-0.1, -0.05) is 44.0 Å². The average molecular weight is 433 g/mol. The molecule has 1 N–H and O–H groups in total. The normalized spacial score (nSPS) is 20.8. The molecule has 1 aromatic heterocycles. The lowest BCUT2D eigenvalue weighted by atomic mass is 10.1. The van der Waals surface area contributed by atoms with Crippen molar-refractivity contribution in [1.82, 2.24) is 10.3 Å². The first-order valence-corrected chi connectivity index (χ1v) is 13.4. The van der Waals surface area contributed by atoms with Crippen LogP contribution in [0.25, 0.3) is 0 Å². The number of hydrogen-bond acceptors (Lipinski definition) is 4. The fourth-order valence-electron chi connectivity index (χ4n) is 3.83. The van der Waals surface area contributed by atoms with Gasteiger partial charge in [-0.2, -0.15) is 0 Å². The van der Waals surface area contributed by atoms with Crippen LogP contribution in [0.2, 0.25) is 28.2 Å². The molecule has 1 aromatic rings. The Bertz CT molecular complexity index is 583. The summed E-state index contributed by atoms with van der Waals surface area (Å²) in [4.78, 5) is 4.09. The molecule has 7 heteroatoms. The number of pyridine rings is 1. The molecule has 1 aliphatic heterocycles. The molecule has 1 fully saturated rings. The Morgan fingerprint density at radius 1 is 1.22 bits per heavy atom. The summed E-state index contributed by atoms with van der Waals surface area (Å²) in [6.45, 7) is 12.5. The number of aromatic nitrogens is 1. The lowest BCUT2D eigenvalue weighted by molar-refractivity contribution is -0.0149. The van der Waals surface area contributed by atoms with Crippen LogP contribution < -0.4 is 5.32 Å². The molecule has 1 saturated heterocycles. The van der Waals surface area contributed by atoms with Gasteiger partial charge in [0, 0.05) is 31.0 Å². The van der Waals surface area contributed by atoms with Gasteiger partial charge in [0.2, 0.25) is 0 Å². The lowest BCUT2D eigenvalue weighted by Crippen LogP contribution is -2.41. The van der Waals surface area contributed by atoms with E-state index in [1.165, 1.54) is 0 Å². The summed E-state index contributed by atoms with van der Waals surface area (Å²) in [5, 5.41) is 4.68. The number of rotatable bonds is 10. The van der Waals surface area contributed by atoms with Crippen molar-refractivity contribution in [2.24, 2.45) is 0 Å². The third-order valence-corrected chi connectivity index (χ3v) is 11.0. The highest BCUT2D eigenvalue weighted by atomic mass is 35.5. The predicted molar refractivity (Wildman–Crippen MR) is 116 cm³/mol. The van der Waals surface area contributed by atoms with Crippen LogP contribution in [0.15, 0.2) is 12.4 Å². The van der Waals surface area contributed by atoms with Gasteiger partial charge in [0.1, 0.15) is 0 Å². The maximum Gasteiger partial charge on any atom is 0.192 e. The molecule has 4 nitrogen and oxygen atoms in total. The third-order valence-electron chi connectivity index (χ3n) is 5.79. The monoisotopic (exact) mass is 432 g/mol. The summed E-state index contributed by atoms with van der Waals surface area (Å²) < 4.78 is 12.9. The number of hydrogen-bond donors (Lipinski definition) is 1. The topological polar surface area (TPSA) is 43.4 Å². The number of nitrogens with zero attached hydrogens (tertiary/aromatic N) is 1. The van der Waals surface area contributed by atoms with Gasteiger partial charge in [0.15, 0.2) is 8.32 Å². The first-order valence-electron chi connectivity index (χ1n) is 10.1. The first-order chi connectivity index (χ1) is 12.8. The molecular weight excluding hydrogens is 399 g/mol. The highest BCUT2D eigenvalue weighted by molar-refractivity contribution is 6.73. The van der Waals surface area contributed by atoms with Crippen LogP contribution in [-0.4, -0.2) is 38.1 Å². The molecule has 2 unspecified atom stereocenters. The molecule has 0 radical (unpaired) electrons. The largest absolute Gasteiger partial charge is 0.409 e. The van der Waals surface area contributed by atoms with Crippen LogP contribution >= 0.6 is 23.2 Å². The molecule has 1 aliphatic rings. The molecule has 0 aliphatic carbocycles. The third kappa shape index (κ3) is 6.15. The van der Waals surface area contributed by atoms with Gasteiger partial charge in [-0.15, -0.1) is 0 Å². The molecule has 0 aromatic carbocycles. The Hall–Kier alpha value is -0.173. The van der Waals surface area contributed by atoms with Gasteiger partial charge < -0.3 is 14.5 Å². The zero-order valence-corrected chi connectivity index (χ0v) is 19.8. The summed E-state index contributed by atoms with van der Waals surface area (Å²) >= 11 is 12.9. The predicted octanol–water partition coefficient (Wildman–Crippen LogP) is 6.00. The molecule has 2 heterocycles. The van der Waals surface area contributed by atoms with Crippen molar-refractivity contribution in [3.05, 3.63) is 28.0 Å². The van der Waals surface area contributed by atoms with E-state index in [4.69, 9.17) is 32.4 Å². The minimum atomic E-state index is -1.82. The summed E-state index contributed by atoms with van der Waals surface area (Å²) in [5.74, 6) is 0. The highest BCUT2D eigenvalue weighted by Gasteiger charge is 2.35. The van der Waals surface area contributed by atoms with Gasteiger partial charge in [-0.3, -0.25) is 4.98 Å². The standard InChI is InChI=1S/C20H34Cl2N2O2Si/c1-6-27(7-2,8-3)26-18(19-16(21)12-24-13-17(19)22)14-23-11-15-9-10-20(4,5)25-15/h12-13,15,18,23H,6-11,14H2,1-5H3. The van der Waals surface area contributed by atoms with E-state index in [0.29, 0.717) is 16.6 Å². The molecule has 2 rings (SSSR count). The van der Waals surface area contributed by atoms with E-state index in [1.807, 2.05) is 0 Å². The number of nitrogens with one attached hydrogen (secondary N) is 1. The molecule has 154 valence electrons. The Kier molecular flexibility index (Phi) is 8.59. The van der Waals surface area contributed by atoms with E-state index in [0.717, 1.165) is 43.1 Å². The Morgan fingerprint density at radius 3 is 2.30 bits per heavy atom. The molecule has 0 bridgehead atoms. The minimum Gasteiger partial charge on any atom is -0.409 e. The Morgan fingerprint density at radius 2 is 1.81 bits per heavy atom. The first kappa shape index (κ1) is 23.1. The number of halogens is 2. The van der Waals surface area contributed by atoms with E-state index in [9.17, 15) is 0 Å². The fourth-order valence-corrected chi connectivity index (χ4v) is 7.24. The SMILES string of the molecule is CC[Si](CC)(CC)OC(CNCC1CCC(C)(C)O1)c1c(Cl)cncc1Cl. The van der Waals surface area contributed by atoms with Crippen molar-refractivity contribution in [1.29, 1.82) is 0 Å². The summed E-state index contributed by atoms with van der Waals surface area (Å²) in [7, 11) is -1.82. The number of ether oxygens (including phenoxy) is 1. The molecular formula is C20H34Cl2N2O2Si. The zero-order chi connectivity index (χ0) is 20.1. The maximum absolute atomic E-state index is 6.78. The van der Waals surface area contributed by atoms with Gasteiger partial charge in [0.25, 0.3) is 0 Å². The molecule has 0 saturated carbocycles. The quantitative estimate of drug-likeness (QED) is 0.460. The molecule has 27 heavy (non-hydrogen) atoms. The van der Waals surface area contributed by atoms with Crippen LogP contribution in [-0.2, 0) is 9.16 Å². The van der Waals surface area contributed by atoms with E-state index in [1.54, 1.807) is 12.4 Å². The fraction of sp³-hybridized carbons (Fsp3) is 0.750. The smallest absolute Gasteiger partial charge is 0.192 e. The van der Waals surface area contributed by atoms with Crippen LogP contribution in [0, 0.1) is 0 Å². The van der Waals surface area contributed by atoms with E-state index < -0.39 is 8.32 Å². The lowest BCUT2D eigenvalue weighted by Gasteiger charge is -2.34. The van der Waals surface area contributed by atoms with Gasteiger partial charge >= 0.3 is 0 Å². The Labute approximate surface area is 175 Å². The van der Waals surface area contributed by atoms with Crippen molar-refractivity contribution in [2.75, 3.05) is 13.1 Å².